The normalized spacial score (nSPS) is 14.0. The van der Waals surface area contributed by atoms with Crippen LogP contribution in [0.15, 0.2) is 60.7 Å². The molecular weight excluding hydrogens is 342 g/mol. The fourth-order valence-electron chi connectivity index (χ4n) is 2.40. The van der Waals surface area contributed by atoms with E-state index < -0.39 is 32.1 Å². The molecule has 2 rings (SSSR count). The molecule has 0 bridgehead atoms. The summed E-state index contributed by atoms with van der Waals surface area (Å²) in [5, 5.41) is 0.180. The summed E-state index contributed by atoms with van der Waals surface area (Å²) in [6, 6.07) is 14.8. The van der Waals surface area contributed by atoms with E-state index in [4.69, 9.17) is 0 Å². The Hall–Kier alpha value is -1.48. The Morgan fingerprint density at radius 1 is 0.833 bits per heavy atom. The highest BCUT2D eigenvalue weighted by molar-refractivity contribution is 7.74. The zero-order valence-corrected chi connectivity index (χ0v) is 14.0. The van der Waals surface area contributed by atoms with Gasteiger partial charge in [0.25, 0.3) is 0 Å². The fraction of sp³-hybridized carbons (Fsp3) is 0.333. The lowest BCUT2D eigenvalue weighted by atomic mass is 10.1. The standard InChI is InChI=1S/C18H18F5P/c1-2-9-16(19)17(20,21)18(22,23)24(14-10-5-3-6-11-14)15-12-7-4-8-13-15/h3-8,10-13,16H,2,9H2,1H3. The van der Waals surface area contributed by atoms with Gasteiger partial charge in [0.05, 0.1) is 0 Å². The van der Waals surface area contributed by atoms with E-state index >= 15 is 0 Å². The van der Waals surface area contributed by atoms with Gasteiger partial charge in [-0.05, 0) is 17.0 Å². The highest BCUT2D eigenvalue weighted by Gasteiger charge is 2.65. The van der Waals surface area contributed by atoms with Crippen molar-refractivity contribution >= 4 is 18.5 Å². The summed E-state index contributed by atoms with van der Waals surface area (Å²) < 4.78 is 72.1. The van der Waals surface area contributed by atoms with Gasteiger partial charge in [-0.15, -0.1) is 0 Å². The zero-order chi connectivity index (χ0) is 17.8. The summed E-state index contributed by atoms with van der Waals surface area (Å²) in [6.07, 6.45) is -3.41. The Bertz CT molecular complexity index is 591. The molecule has 0 amide bonds. The van der Waals surface area contributed by atoms with E-state index in [-0.39, 0.29) is 17.0 Å². The molecule has 24 heavy (non-hydrogen) atoms. The van der Waals surface area contributed by atoms with Crippen LogP contribution in [0.3, 0.4) is 0 Å². The molecule has 1 atom stereocenters. The molecule has 0 saturated heterocycles. The van der Waals surface area contributed by atoms with E-state index in [1.165, 1.54) is 55.5 Å². The van der Waals surface area contributed by atoms with Crippen LogP contribution in [0.25, 0.3) is 0 Å². The van der Waals surface area contributed by atoms with Crippen molar-refractivity contribution in [2.75, 3.05) is 0 Å². The van der Waals surface area contributed by atoms with Gasteiger partial charge < -0.3 is 0 Å². The van der Waals surface area contributed by atoms with Gasteiger partial charge in [-0.2, -0.15) is 17.6 Å². The molecule has 0 radical (unpaired) electrons. The molecule has 0 aliphatic rings. The van der Waals surface area contributed by atoms with Crippen LogP contribution in [0, 0.1) is 0 Å². The van der Waals surface area contributed by atoms with Crippen LogP contribution in [0.4, 0.5) is 22.0 Å². The van der Waals surface area contributed by atoms with Crippen molar-refractivity contribution in [1.29, 1.82) is 0 Å². The fourth-order valence-corrected chi connectivity index (χ4v) is 4.73. The van der Waals surface area contributed by atoms with Crippen LogP contribution in [-0.4, -0.2) is 17.8 Å². The Labute approximate surface area is 139 Å². The first-order valence-corrected chi connectivity index (χ1v) is 8.96. The molecule has 2 aromatic rings. The molecule has 0 aliphatic heterocycles. The van der Waals surface area contributed by atoms with Crippen molar-refractivity contribution in [3.63, 3.8) is 0 Å². The SMILES string of the molecule is CCCC(F)C(F)(F)C(F)(F)P(c1ccccc1)c1ccccc1. The monoisotopic (exact) mass is 360 g/mol. The zero-order valence-electron chi connectivity index (χ0n) is 13.1. The van der Waals surface area contributed by atoms with Gasteiger partial charge in [0.1, 0.15) is 0 Å². The van der Waals surface area contributed by atoms with Crippen LogP contribution >= 0.6 is 7.92 Å². The van der Waals surface area contributed by atoms with Crippen molar-refractivity contribution in [2.45, 2.75) is 37.5 Å². The summed E-state index contributed by atoms with van der Waals surface area (Å²) in [7, 11) is -2.75. The minimum atomic E-state index is -4.74. The Morgan fingerprint density at radius 2 is 1.25 bits per heavy atom. The Morgan fingerprint density at radius 3 is 1.62 bits per heavy atom. The predicted molar refractivity (Wildman–Crippen MR) is 88.8 cm³/mol. The molecule has 1 unspecified atom stereocenters. The van der Waals surface area contributed by atoms with Gasteiger partial charge in [-0.25, -0.2) is 4.39 Å². The molecule has 0 aromatic heterocycles. The first kappa shape index (κ1) is 18.9. The van der Waals surface area contributed by atoms with E-state index in [9.17, 15) is 22.0 Å². The molecular formula is C18H18F5P. The molecule has 0 fully saturated rings. The van der Waals surface area contributed by atoms with E-state index in [1.54, 1.807) is 12.1 Å². The van der Waals surface area contributed by atoms with Gasteiger partial charge in [0, 0.05) is 7.92 Å². The summed E-state index contributed by atoms with van der Waals surface area (Å²) in [6.45, 7) is 1.48. The molecule has 0 aliphatic carbocycles. The van der Waals surface area contributed by atoms with E-state index in [0.29, 0.717) is 0 Å². The summed E-state index contributed by atoms with van der Waals surface area (Å²) in [5.41, 5.74) is -4.50. The lowest BCUT2D eigenvalue weighted by molar-refractivity contribution is -0.193. The van der Waals surface area contributed by atoms with Crippen LogP contribution in [-0.2, 0) is 0 Å². The first-order valence-electron chi connectivity index (χ1n) is 7.62. The second-order valence-corrected chi connectivity index (χ2v) is 7.69. The van der Waals surface area contributed by atoms with Crippen LogP contribution in [0.1, 0.15) is 19.8 Å². The first-order chi connectivity index (χ1) is 11.3. The minimum Gasteiger partial charge on any atom is -0.241 e. The number of hydrogen-bond acceptors (Lipinski definition) is 0. The van der Waals surface area contributed by atoms with Crippen molar-refractivity contribution in [3.05, 3.63) is 60.7 Å². The second-order valence-electron chi connectivity index (χ2n) is 5.43. The maximum absolute atomic E-state index is 14.8. The lowest BCUT2D eigenvalue weighted by Gasteiger charge is -2.35. The lowest BCUT2D eigenvalue weighted by Crippen LogP contribution is -2.49. The molecule has 0 N–H and O–H groups in total. The van der Waals surface area contributed by atoms with Gasteiger partial charge in [-0.1, -0.05) is 74.0 Å². The third-order valence-electron chi connectivity index (χ3n) is 3.65. The smallest absolute Gasteiger partial charge is 0.241 e. The average molecular weight is 360 g/mol. The molecule has 2 aromatic carbocycles. The molecule has 0 spiro atoms. The molecule has 130 valence electrons. The predicted octanol–water partition coefficient (Wildman–Crippen LogP) is 5.49. The second kappa shape index (κ2) is 7.60. The summed E-state index contributed by atoms with van der Waals surface area (Å²) in [4.78, 5) is 0. The maximum Gasteiger partial charge on any atom is 0.345 e. The number of alkyl halides is 5. The Balaban J connectivity index is 2.54. The van der Waals surface area contributed by atoms with Crippen molar-refractivity contribution in [2.24, 2.45) is 0 Å². The van der Waals surface area contributed by atoms with Gasteiger partial charge in [0.15, 0.2) is 6.17 Å². The minimum absolute atomic E-state index is 0.0709. The van der Waals surface area contributed by atoms with Crippen molar-refractivity contribution in [3.8, 4) is 0 Å². The highest BCUT2D eigenvalue weighted by atomic mass is 31.1. The largest absolute Gasteiger partial charge is 0.345 e. The van der Waals surface area contributed by atoms with Crippen LogP contribution in [0.2, 0.25) is 0 Å². The molecule has 0 nitrogen and oxygen atoms in total. The average Bonchev–Trinajstić information content (AvgIpc) is 2.57. The van der Waals surface area contributed by atoms with E-state index in [1.807, 2.05) is 0 Å². The van der Waals surface area contributed by atoms with E-state index in [0.717, 1.165) is 0 Å². The van der Waals surface area contributed by atoms with Gasteiger partial charge in [0.2, 0.25) is 0 Å². The Kier molecular flexibility index (Phi) is 5.97. The molecule has 0 heterocycles. The van der Waals surface area contributed by atoms with Crippen molar-refractivity contribution in [1.82, 2.24) is 0 Å². The van der Waals surface area contributed by atoms with Crippen LogP contribution < -0.4 is 10.6 Å². The van der Waals surface area contributed by atoms with Crippen molar-refractivity contribution < 1.29 is 22.0 Å². The third-order valence-corrected chi connectivity index (χ3v) is 6.14. The van der Waals surface area contributed by atoms with E-state index in [2.05, 4.69) is 0 Å². The van der Waals surface area contributed by atoms with Gasteiger partial charge in [-0.3, -0.25) is 0 Å². The van der Waals surface area contributed by atoms with Gasteiger partial charge >= 0.3 is 11.6 Å². The maximum atomic E-state index is 14.8. The number of rotatable bonds is 7. The molecule has 0 saturated carbocycles. The summed E-state index contributed by atoms with van der Waals surface area (Å²) >= 11 is 0. The topological polar surface area (TPSA) is 0 Å². The third kappa shape index (κ3) is 3.61. The van der Waals surface area contributed by atoms with Crippen LogP contribution in [0.5, 0.6) is 0 Å². The number of hydrogen-bond donors (Lipinski definition) is 0. The summed E-state index contributed by atoms with van der Waals surface area (Å²) in [5.74, 6) is -4.74. The quantitative estimate of drug-likeness (QED) is 0.453. The molecule has 6 heteroatoms. The highest BCUT2D eigenvalue weighted by Crippen LogP contribution is 2.59. The number of benzene rings is 2. The number of halogens is 5.